The molecule has 2 aromatic heterocycles. The molecule has 3 heterocycles. The van der Waals surface area contributed by atoms with Gasteiger partial charge in [-0.1, -0.05) is 24.3 Å². The molecular weight excluding hydrogens is 582 g/mol. The summed E-state index contributed by atoms with van der Waals surface area (Å²) in [5, 5.41) is 35.4. The van der Waals surface area contributed by atoms with E-state index >= 15 is 0 Å². The van der Waals surface area contributed by atoms with Crippen molar-refractivity contribution < 1.29 is 44.3 Å². The van der Waals surface area contributed by atoms with Crippen LogP contribution in [0.15, 0.2) is 59.4 Å². The Balaban J connectivity index is 0.000000359. The monoisotopic (exact) mass is 613 g/mol. The second-order valence-electron chi connectivity index (χ2n) is 9.24. The first-order valence-electron chi connectivity index (χ1n) is 12.9. The summed E-state index contributed by atoms with van der Waals surface area (Å²) in [5.74, 6) is -5.44. The summed E-state index contributed by atoms with van der Waals surface area (Å²) in [7, 11) is 1.71. The Morgan fingerprint density at radius 1 is 0.977 bits per heavy atom. The normalized spacial score (nSPS) is 14.1. The van der Waals surface area contributed by atoms with E-state index in [-0.39, 0.29) is 0 Å². The standard InChI is InChI=1S/C24H27N5OS.2C2H2O4/c1-30-21-8-6-18(7-9-21)10-12-28-13-11-19(14-28)26-24-27-22-4-2-3-5-23(22)29(24)15-20-16-31-17-25-20;2*3-1(4)2(5)6/h2-9,16-17,19H,10-15H2,1H3,(H,26,27);2*(H,3,4)(H,5,6). The molecule has 1 atom stereocenters. The number of rotatable bonds is 8. The highest BCUT2D eigenvalue weighted by molar-refractivity contribution is 7.07. The van der Waals surface area contributed by atoms with Crippen LogP contribution in [0.5, 0.6) is 5.75 Å². The van der Waals surface area contributed by atoms with Gasteiger partial charge < -0.3 is 39.9 Å². The summed E-state index contributed by atoms with van der Waals surface area (Å²) in [5.41, 5.74) is 6.48. The molecule has 0 amide bonds. The highest BCUT2D eigenvalue weighted by Gasteiger charge is 2.24. The first-order valence-corrected chi connectivity index (χ1v) is 13.9. The molecule has 0 spiro atoms. The van der Waals surface area contributed by atoms with Crippen LogP contribution in [0.1, 0.15) is 17.7 Å². The van der Waals surface area contributed by atoms with Crippen LogP contribution in [-0.2, 0) is 32.1 Å². The molecule has 1 aliphatic rings. The van der Waals surface area contributed by atoms with Crippen molar-refractivity contribution in [3.63, 3.8) is 0 Å². The Bertz CT molecular complexity index is 1480. The van der Waals surface area contributed by atoms with Crippen LogP contribution >= 0.6 is 11.3 Å². The van der Waals surface area contributed by atoms with E-state index in [1.165, 1.54) is 5.56 Å². The summed E-state index contributed by atoms with van der Waals surface area (Å²) in [4.78, 5) is 48.3. The zero-order valence-corrected chi connectivity index (χ0v) is 23.9. The maximum absolute atomic E-state index is 9.10. The van der Waals surface area contributed by atoms with Gasteiger partial charge >= 0.3 is 23.9 Å². The van der Waals surface area contributed by atoms with Crippen molar-refractivity contribution in [3.05, 3.63) is 70.7 Å². The number of aliphatic carboxylic acids is 4. The fraction of sp³-hybridized carbons (Fsp3) is 0.286. The fourth-order valence-corrected chi connectivity index (χ4v) is 4.79. The van der Waals surface area contributed by atoms with Crippen molar-refractivity contribution in [3.8, 4) is 5.75 Å². The number of carboxylic acid groups (broad SMARTS) is 4. The third-order valence-corrected chi connectivity index (χ3v) is 6.94. The number of anilines is 1. The minimum Gasteiger partial charge on any atom is -0.497 e. The number of benzene rings is 2. The zero-order chi connectivity index (χ0) is 31.4. The van der Waals surface area contributed by atoms with E-state index in [1.54, 1.807) is 18.4 Å². The highest BCUT2D eigenvalue weighted by Crippen LogP contribution is 2.24. The number of hydrogen-bond acceptors (Lipinski definition) is 10. The molecular formula is C28H31N5O9S. The third-order valence-electron chi connectivity index (χ3n) is 6.31. The van der Waals surface area contributed by atoms with Crippen molar-refractivity contribution in [2.75, 3.05) is 32.1 Å². The second-order valence-corrected chi connectivity index (χ2v) is 9.96. The van der Waals surface area contributed by atoms with Gasteiger partial charge in [0.1, 0.15) is 5.75 Å². The van der Waals surface area contributed by atoms with Gasteiger partial charge in [-0.3, -0.25) is 0 Å². The van der Waals surface area contributed by atoms with Gasteiger partial charge in [0, 0.05) is 31.1 Å². The average Bonchev–Trinajstić information content (AvgIpc) is 3.74. The Hall–Kier alpha value is -5.02. The van der Waals surface area contributed by atoms with Crippen LogP contribution in [0, 0.1) is 0 Å². The molecule has 1 saturated heterocycles. The SMILES string of the molecule is COc1ccc(CCN2CCC(Nc3nc4ccccc4n3Cc3cscn3)C2)cc1.O=C(O)C(=O)O.O=C(O)C(=O)O. The van der Waals surface area contributed by atoms with Crippen molar-refractivity contribution in [1.29, 1.82) is 0 Å². The van der Waals surface area contributed by atoms with Crippen LogP contribution in [0.3, 0.4) is 0 Å². The molecule has 1 aliphatic heterocycles. The van der Waals surface area contributed by atoms with Gasteiger partial charge in [0.25, 0.3) is 0 Å². The molecule has 0 radical (unpaired) electrons. The Labute approximate surface area is 249 Å². The first-order chi connectivity index (χ1) is 20.6. The molecule has 0 saturated carbocycles. The summed E-state index contributed by atoms with van der Waals surface area (Å²) < 4.78 is 7.51. The Morgan fingerprint density at radius 2 is 1.63 bits per heavy atom. The lowest BCUT2D eigenvalue weighted by Crippen LogP contribution is -2.28. The minimum atomic E-state index is -1.82. The van der Waals surface area contributed by atoms with Gasteiger partial charge in [-0.05, 0) is 42.7 Å². The number of ether oxygens (including phenoxy) is 1. The Morgan fingerprint density at radius 3 is 2.21 bits per heavy atom. The van der Waals surface area contributed by atoms with Gasteiger partial charge in [-0.15, -0.1) is 11.3 Å². The molecule has 0 aliphatic carbocycles. The molecule has 1 unspecified atom stereocenters. The van der Waals surface area contributed by atoms with Gasteiger partial charge in [0.05, 0.1) is 35.9 Å². The molecule has 15 heteroatoms. The van der Waals surface area contributed by atoms with Crippen LogP contribution in [0.4, 0.5) is 5.95 Å². The van der Waals surface area contributed by atoms with Crippen LogP contribution in [0.2, 0.25) is 0 Å². The summed E-state index contributed by atoms with van der Waals surface area (Å²) >= 11 is 1.63. The van der Waals surface area contributed by atoms with Crippen molar-refractivity contribution in [1.82, 2.24) is 19.4 Å². The van der Waals surface area contributed by atoms with Gasteiger partial charge in [0.15, 0.2) is 0 Å². The van der Waals surface area contributed by atoms with Crippen LogP contribution in [0.25, 0.3) is 11.0 Å². The van der Waals surface area contributed by atoms with E-state index in [1.807, 2.05) is 23.7 Å². The van der Waals surface area contributed by atoms with Crippen molar-refractivity contribution in [2.24, 2.45) is 0 Å². The molecule has 228 valence electrons. The van der Waals surface area contributed by atoms with Gasteiger partial charge in [-0.2, -0.15) is 0 Å². The number of methoxy groups -OCH3 is 1. The van der Waals surface area contributed by atoms with E-state index in [0.717, 1.165) is 67.4 Å². The van der Waals surface area contributed by atoms with Gasteiger partial charge in [-0.25, -0.2) is 29.1 Å². The lowest BCUT2D eigenvalue weighted by atomic mass is 10.1. The number of nitrogens with one attached hydrogen (secondary N) is 1. The molecule has 2 aromatic carbocycles. The number of nitrogens with zero attached hydrogens (tertiary/aromatic N) is 4. The largest absolute Gasteiger partial charge is 0.497 e. The van der Waals surface area contributed by atoms with E-state index in [4.69, 9.17) is 49.3 Å². The zero-order valence-electron chi connectivity index (χ0n) is 23.1. The van der Waals surface area contributed by atoms with Crippen LogP contribution in [-0.4, -0.2) is 96.5 Å². The lowest BCUT2D eigenvalue weighted by molar-refractivity contribution is -0.159. The molecule has 0 bridgehead atoms. The molecule has 43 heavy (non-hydrogen) atoms. The van der Waals surface area contributed by atoms with E-state index in [2.05, 4.69) is 55.5 Å². The maximum Gasteiger partial charge on any atom is 0.414 e. The summed E-state index contributed by atoms with van der Waals surface area (Å²) in [6, 6.07) is 17.1. The van der Waals surface area contributed by atoms with Crippen molar-refractivity contribution in [2.45, 2.75) is 25.4 Å². The van der Waals surface area contributed by atoms with E-state index in [0.29, 0.717) is 6.04 Å². The molecule has 5 rings (SSSR count). The van der Waals surface area contributed by atoms with E-state index < -0.39 is 23.9 Å². The quantitative estimate of drug-likeness (QED) is 0.182. The smallest absolute Gasteiger partial charge is 0.414 e. The number of carboxylic acids is 4. The number of aromatic nitrogens is 3. The summed E-state index contributed by atoms with van der Waals surface area (Å²) in [6.07, 6.45) is 2.18. The van der Waals surface area contributed by atoms with Gasteiger partial charge in [0.2, 0.25) is 5.95 Å². The molecule has 14 nitrogen and oxygen atoms in total. The topological polar surface area (TPSA) is 204 Å². The predicted molar refractivity (Wildman–Crippen MR) is 157 cm³/mol. The Kier molecular flexibility index (Phi) is 12.0. The summed E-state index contributed by atoms with van der Waals surface area (Å²) in [6.45, 7) is 3.95. The number of likely N-dealkylation sites (tertiary alicyclic amines) is 1. The average molecular weight is 614 g/mol. The minimum absolute atomic E-state index is 0.405. The predicted octanol–water partition coefficient (Wildman–Crippen LogP) is 2.59. The fourth-order valence-electron chi connectivity index (χ4n) is 4.24. The maximum atomic E-state index is 9.10. The number of carbonyl (C=O) groups is 4. The molecule has 4 aromatic rings. The molecule has 5 N–H and O–H groups in total. The third kappa shape index (κ3) is 10.1. The first kappa shape index (κ1) is 32.5. The molecule has 1 fully saturated rings. The number of fused-ring (bicyclic) bond motifs is 1. The van der Waals surface area contributed by atoms with Crippen molar-refractivity contribution >= 4 is 52.2 Å². The number of para-hydroxylation sites is 2. The highest BCUT2D eigenvalue weighted by atomic mass is 32.1. The second kappa shape index (κ2) is 15.8. The number of imidazole rings is 1. The number of thiazole rings is 1. The number of hydrogen-bond donors (Lipinski definition) is 5. The van der Waals surface area contributed by atoms with E-state index in [9.17, 15) is 0 Å². The lowest BCUT2D eigenvalue weighted by Gasteiger charge is -2.18. The van der Waals surface area contributed by atoms with Crippen LogP contribution < -0.4 is 10.1 Å².